The minimum absolute atomic E-state index is 0.161. The molecule has 2 nitrogen and oxygen atoms in total. The lowest BCUT2D eigenvalue weighted by Crippen LogP contribution is -2.29. The Morgan fingerprint density at radius 2 is 2.56 bits per heavy atom. The minimum atomic E-state index is 0.161. The SMILES string of the molecule is CC1=CC2=NO[C@H]2C=C1. The first-order chi connectivity index (χ1) is 4.36. The van der Waals surface area contributed by atoms with Gasteiger partial charge in [-0.05, 0) is 24.6 Å². The lowest BCUT2D eigenvalue weighted by Gasteiger charge is -2.22. The van der Waals surface area contributed by atoms with E-state index in [0.29, 0.717) is 0 Å². The zero-order valence-corrected chi connectivity index (χ0v) is 5.16. The molecule has 0 aromatic heterocycles. The quantitative estimate of drug-likeness (QED) is 0.472. The summed E-state index contributed by atoms with van der Waals surface area (Å²) in [4.78, 5) is 4.84. The van der Waals surface area contributed by atoms with Crippen molar-refractivity contribution in [2.24, 2.45) is 5.16 Å². The first kappa shape index (κ1) is 4.79. The summed E-state index contributed by atoms with van der Waals surface area (Å²) < 4.78 is 0. The van der Waals surface area contributed by atoms with Crippen molar-refractivity contribution in [3.8, 4) is 0 Å². The maximum Gasteiger partial charge on any atom is 0.191 e. The Balaban J connectivity index is 2.36. The summed E-state index contributed by atoms with van der Waals surface area (Å²) >= 11 is 0. The summed E-state index contributed by atoms with van der Waals surface area (Å²) in [6, 6.07) is 0. The highest BCUT2D eigenvalue weighted by Crippen LogP contribution is 2.17. The summed E-state index contributed by atoms with van der Waals surface area (Å²) in [6.07, 6.45) is 6.25. The predicted octanol–water partition coefficient (Wildman–Crippen LogP) is 1.26. The highest BCUT2D eigenvalue weighted by Gasteiger charge is 2.23. The molecule has 2 heteroatoms. The zero-order chi connectivity index (χ0) is 6.27. The third-order valence-corrected chi connectivity index (χ3v) is 1.47. The fourth-order valence-corrected chi connectivity index (χ4v) is 0.937. The molecule has 0 amide bonds. The Kier molecular flexibility index (Phi) is 0.781. The Morgan fingerprint density at radius 1 is 1.67 bits per heavy atom. The molecule has 1 atom stereocenters. The molecule has 2 rings (SSSR count). The van der Waals surface area contributed by atoms with Gasteiger partial charge < -0.3 is 4.84 Å². The summed E-state index contributed by atoms with van der Waals surface area (Å²) in [6.45, 7) is 2.05. The van der Waals surface area contributed by atoms with E-state index in [1.165, 1.54) is 5.57 Å². The molecule has 2 aliphatic rings. The minimum Gasteiger partial charge on any atom is -0.381 e. The van der Waals surface area contributed by atoms with Gasteiger partial charge in [0.05, 0.1) is 0 Å². The standard InChI is InChI=1S/C7H7NO/c1-5-2-3-7-6(4-5)8-9-7/h2-4,7H,1H3/t7-/m0/s1. The average molecular weight is 121 g/mol. The van der Waals surface area contributed by atoms with E-state index in [9.17, 15) is 0 Å². The van der Waals surface area contributed by atoms with Crippen LogP contribution in [0.25, 0.3) is 0 Å². The fraction of sp³-hybridized carbons (Fsp3) is 0.286. The Bertz CT molecular complexity index is 225. The average Bonchev–Trinajstić information content (AvgIpc) is 1.78. The van der Waals surface area contributed by atoms with E-state index in [1.54, 1.807) is 0 Å². The van der Waals surface area contributed by atoms with Crippen LogP contribution >= 0.6 is 0 Å². The van der Waals surface area contributed by atoms with Crippen LogP contribution in [0.4, 0.5) is 0 Å². The summed E-state index contributed by atoms with van der Waals surface area (Å²) in [5.74, 6) is 0. The molecule has 0 bridgehead atoms. The first-order valence-electron chi connectivity index (χ1n) is 2.96. The number of rotatable bonds is 0. The summed E-state index contributed by atoms with van der Waals surface area (Å²) in [5, 5.41) is 3.73. The van der Waals surface area contributed by atoms with Crippen molar-refractivity contribution < 1.29 is 4.84 Å². The largest absolute Gasteiger partial charge is 0.381 e. The van der Waals surface area contributed by atoms with Crippen LogP contribution in [-0.4, -0.2) is 11.8 Å². The van der Waals surface area contributed by atoms with Gasteiger partial charge in [-0.1, -0.05) is 11.2 Å². The normalized spacial score (nSPS) is 29.2. The van der Waals surface area contributed by atoms with Gasteiger partial charge in [-0.15, -0.1) is 0 Å². The molecule has 9 heavy (non-hydrogen) atoms. The Morgan fingerprint density at radius 3 is 3.00 bits per heavy atom. The van der Waals surface area contributed by atoms with Gasteiger partial charge in [0.1, 0.15) is 5.71 Å². The van der Waals surface area contributed by atoms with Crippen LogP contribution in [0.5, 0.6) is 0 Å². The van der Waals surface area contributed by atoms with Gasteiger partial charge in [0, 0.05) is 0 Å². The molecule has 0 unspecified atom stereocenters. The van der Waals surface area contributed by atoms with E-state index in [4.69, 9.17) is 4.84 Å². The highest BCUT2D eigenvalue weighted by atomic mass is 16.7. The molecule has 1 aliphatic carbocycles. The van der Waals surface area contributed by atoms with Gasteiger partial charge in [0.2, 0.25) is 0 Å². The molecular weight excluding hydrogens is 114 g/mol. The van der Waals surface area contributed by atoms with Gasteiger partial charge >= 0.3 is 0 Å². The third-order valence-electron chi connectivity index (χ3n) is 1.47. The zero-order valence-electron chi connectivity index (χ0n) is 5.16. The fourth-order valence-electron chi connectivity index (χ4n) is 0.937. The smallest absolute Gasteiger partial charge is 0.191 e. The summed E-state index contributed by atoms with van der Waals surface area (Å²) in [7, 11) is 0. The van der Waals surface area contributed by atoms with Gasteiger partial charge in [-0.25, -0.2) is 0 Å². The molecule has 0 saturated carbocycles. The topological polar surface area (TPSA) is 21.6 Å². The Labute approximate surface area is 53.5 Å². The molecule has 0 N–H and O–H groups in total. The van der Waals surface area contributed by atoms with E-state index in [0.717, 1.165) is 5.71 Å². The van der Waals surface area contributed by atoms with E-state index >= 15 is 0 Å². The second kappa shape index (κ2) is 1.47. The van der Waals surface area contributed by atoms with Crippen molar-refractivity contribution in [2.75, 3.05) is 0 Å². The van der Waals surface area contributed by atoms with E-state index in [2.05, 4.69) is 5.16 Å². The molecule has 1 heterocycles. The summed E-state index contributed by atoms with van der Waals surface area (Å²) in [5.41, 5.74) is 2.29. The lowest BCUT2D eigenvalue weighted by atomic mass is 10.0. The van der Waals surface area contributed by atoms with Crippen LogP contribution in [-0.2, 0) is 4.84 Å². The molecule has 0 radical (unpaired) electrons. The number of allylic oxidation sites excluding steroid dienone is 2. The van der Waals surface area contributed by atoms with Gasteiger partial charge in [0.15, 0.2) is 6.10 Å². The Hall–Kier alpha value is -1.05. The van der Waals surface area contributed by atoms with Crippen molar-refractivity contribution in [1.29, 1.82) is 0 Å². The molecule has 46 valence electrons. The van der Waals surface area contributed by atoms with Crippen LogP contribution in [0, 0.1) is 0 Å². The second-order valence-electron chi connectivity index (χ2n) is 2.29. The van der Waals surface area contributed by atoms with Crippen LogP contribution in [0.15, 0.2) is 29.0 Å². The van der Waals surface area contributed by atoms with Crippen LogP contribution < -0.4 is 0 Å². The van der Waals surface area contributed by atoms with Crippen molar-refractivity contribution in [1.82, 2.24) is 0 Å². The molecule has 0 aromatic carbocycles. The maximum absolute atomic E-state index is 4.84. The van der Waals surface area contributed by atoms with Crippen LogP contribution in [0.1, 0.15) is 6.92 Å². The van der Waals surface area contributed by atoms with Crippen molar-refractivity contribution >= 4 is 5.71 Å². The highest BCUT2D eigenvalue weighted by molar-refractivity contribution is 6.03. The maximum atomic E-state index is 4.84. The molecule has 0 aromatic rings. The number of nitrogens with zero attached hydrogens (tertiary/aromatic N) is 1. The molecule has 1 aliphatic heterocycles. The molecule has 0 spiro atoms. The number of fused-ring (bicyclic) bond motifs is 1. The number of hydrogen-bond acceptors (Lipinski definition) is 2. The lowest BCUT2D eigenvalue weighted by molar-refractivity contribution is 0.0928. The van der Waals surface area contributed by atoms with Crippen molar-refractivity contribution in [3.05, 3.63) is 23.8 Å². The predicted molar refractivity (Wildman–Crippen MR) is 35.2 cm³/mol. The van der Waals surface area contributed by atoms with Crippen molar-refractivity contribution in [2.45, 2.75) is 13.0 Å². The third kappa shape index (κ3) is 0.593. The van der Waals surface area contributed by atoms with Gasteiger partial charge in [-0.3, -0.25) is 0 Å². The molecule has 0 fully saturated rings. The second-order valence-corrected chi connectivity index (χ2v) is 2.29. The van der Waals surface area contributed by atoms with E-state index in [-0.39, 0.29) is 6.10 Å². The van der Waals surface area contributed by atoms with E-state index < -0.39 is 0 Å². The van der Waals surface area contributed by atoms with Crippen LogP contribution in [0.2, 0.25) is 0 Å². The number of hydrogen-bond donors (Lipinski definition) is 0. The van der Waals surface area contributed by atoms with Crippen LogP contribution in [0.3, 0.4) is 0 Å². The van der Waals surface area contributed by atoms with Gasteiger partial charge in [-0.2, -0.15) is 0 Å². The monoisotopic (exact) mass is 121 g/mol. The molecule has 0 saturated heterocycles. The van der Waals surface area contributed by atoms with Gasteiger partial charge in [0.25, 0.3) is 0 Å². The number of oxime groups is 1. The molecular formula is C7H7NO. The first-order valence-corrected chi connectivity index (χ1v) is 2.96. The van der Waals surface area contributed by atoms with E-state index in [1.807, 2.05) is 25.2 Å². The van der Waals surface area contributed by atoms with Crippen molar-refractivity contribution in [3.63, 3.8) is 0 Å².